The average molecular weight is 595 g/mol. The molecular weight excluding hydrogens is 557 g/mol. The van der Waals surface area contributed by atoms with E-state index < -0.39 is 35.8 Å². The number of nitrogens with one attached hydrogen (secondary N) is 2. The van der Waals surface area contributed by atoms with E-state index >= 15 is 0 Å². The summed E-state index contributed by atoms with van der Waals surface area (Å²) in [4.78, 5) is 55.5. The molecule has 218 valence electrons. The van der Waals surface area contributed by atoms with Crippen LogP contribution in [0.1, 0.15) is 66.4 Å². The summed E-state index contributed by atoms with van der Waals surface area (Å²) in [5.74, 6) is -2.45. The van der Waals surface area contributed by atoms with Gasteiger partial charge in [-0.15, -0.1) is 0 Å². The van der Waals surface area contributed by atoms with Crippen molar-refractivity contribution in [1.29, 1.82) is 0 Å². The van der Waals surface area contributed by atoms with Gasteiger partial charge in [0.1, 0.15) is 12.1 Å². The van der Waals surface area contributed by atoms with Gasteiger partial charge >= 0.3 is 11.9 Å². The van der Waals surface area contributed by atoms with Crippen LogP contribution in [0.2, 0.25) is 10.0 Å². The van der Waals surface area contributed by atoms with Gasteiger partial charge in [0, 0.05) is 18.5 Å². The number of hydrogen-bond donors (Lipinski definition) is 2. The Kier molecular flexibility index (Phi) is 12.9. The van der Waals surface area contributed by atoms with Crippen LogP contribution in [0, 0.1) is 5.92 Å². The van der Waals surface area contributed by atoms with Gasteiger partial charge in [-0.3, -0.25) is 19.4 Å². The van der Waals surface area contributed by atoms with Crippen LogP contribution in [0.5, 0.6) is 0 Å². The minimum atomic E-state index is -1.07. The molecule has 0 radical (unpaired) electrons. The van der Waals surface area contributed by atoms with Gasteiger partial charge in [0.05, 0.1) is 34.5 Å². The maximum absolute atomic E-state index is 13.4. The Morgan fingerprint density at radius 2 is 1.70 bits per heavy atom. The number of carbonyl (C=O) groups is 4. The molecule has 1 heterocycles. The lowest BCUT2D eigenvalue weighted by atomic mass is 9.95. The second kappa shape index (κ2) is 15.6. The van der Waals surface area contributed by atoms with Crippen molar-refractivity contribution in [3.8, 4) is 0 Å². The molecule has 2 atom stereocenters. The maximum atomic E-state index is 13.4. The topological polar surface area (TPSA) is 123 Å². The van der Waals surface area contributed by atoms with Crippen LogP contribution in [0.4, 0.5) is 0 Å². The molecule has 1 aliphatic heterocycles. The highest BCUT2D eigenvalue weighted by Gasteiger charge is 2.32. The molecule has 0 saturated carbocycles. The van der Waals surface area contributed by atoms with Crippen molar-refractivity contribution in [2.24, 2.45) is 10.9 Å². The van der Waals surface area contributed by atoms with Crippen molar-refractivity contribution in [3.63, 3.8) is 0 Å². The predicted molar refractivity (Wildman–Crippen MR) is 156 cm³/mol. The van der Waals surface area contributed by atoms with Crippen molar-refractivity contribution in [2.75, 3.05) is 13.2 Å². The molecule has 0 fully saturated rings. The number of halogens is 2. The van der Waals surface area contributed by atoms with E-state index in [1.54, 1.807) is 46.8 Å². The Morgan fingerprint density at radius 3 is 2.27 bits per heavy atom. The number of hydrogen-bond acceptors (Lipinski definition) is 7. The number of carbonyl (C=O) groups excluding carboxylic acids is 4. The Bertz CT molecular complexity index is 1220. The Morgan fingerprint density at radius 1 is 1.02 bits per heavy atom. The fraction of sp³-hybridized carbons (Fsp3) is 0.483. The second-order valence-corrected chi connectivity index (χ2v) is 10.5. The van der Waals surface area contributed by atoms with Crippen molar-refractivity contribution in [2.45, 2.75) is 72.9 Å². The quantitative estimate of drug-likeness (QED) is 0.327. The van der Waals surface area contributed by atoms with Crippen LogP contribution in [0.3, 0.4) is 0 Å². The third-order valence-electron chi connectivity index (χ3n) is 6.12. The Labute approximate surface area is 245 Å². The zero-order valence-corrected chi connectivity index (χ0v) is 25.2. The first-order valence-corrected chi connectivity index (χ1v) is 14.0. The van der Waals surface area contributed by atoms with E-state index in [0.29, 0.717) is 27.8 Å². The second-order valence-electron chi connectivity index (χ2n) is 9.69. The highest BCUT2D eigenvalue weighted by atomic mass is 35.5. The van der Waals surface area contributed by atoms with Crippen molar-refractivity contribution in [3.05, 3.63) is 50.7 Å². The van der Waals surface area contributed by atoms with Gasteiger partial charge in [-0.25, -0.2) is 4.79 Å². The van der Waals surface area contributed by atoms with Crippen LogP contribution < -0.4 is 10.6 Å². The molecule has 1 aliphatic rings. The van der Waals surface area contributed by atoms with E-state index in [4.69, 9.17) is 32.7 Å². The summed E-state index contributed by atoms with van der Waals surface area (Å²) >= 11 is 12.1. The van der Waals surface area contributed by atoms with Crippen LogP contribution in [-0.2, 0) is 28.7 Å². The minimum Gasteiger partial charge on any atom is -0.466 e. The molecule has 9 nitrogen and oxygen atoms in total. The molecule has 2 amide bonds. The van der Waals surface area contributed by atoms with Crippen molar-refractivity contribution < 1.29 is 28.7 Å². The average Bonchev–Trinajstić information content (AvgIpc) is 2.86. The number of amides is 2. The van der Waals surface area contributed by atoms with E-state index in [-0.39, 0.29) is 32.0 Å². The third kappa shape index (κ3) is 9.48. The molecule has 0 unspecified atom stereocenters. The monoisotopic (exact) mass is 593 g/mol. The number of dihydropyridines is 1. The number of nitrogens with zero attached hydrogens (tertiary/aromatic N) is 1. The lowest BCUT2D eigenvalue weighted by molar-refractivity contribution is -0.149. The van der Waals surface area contributed by atoms with Crippen molar-refractivity contribution in [1.82, 2.24) is 10.6 Å². The lowest BCUT2D eigenvalue weighted by Crippen LogP contribution is -2.54. The van der Waals surface area contributed by atoms with Crippen molar-refractivity contribution >= 4 is 58.7 Å². The van der Waals surface area contributed by atoms with Crippen LogP contribution in [-0.4, -0.2) is 54.8 Å². The van der Waals surface area contributed by atoms with Crippen LogP contribution >= 0.6 is 23.2 Å². The molecule has 11 heteroatoms. The zero-order valence-electron chi connectivity index (χ0n) is 23.7. The van der Waals surface area contributed by atoms with Gasteiger partial charge in [-0.05, 0) is 63.8 Å². The molecule has 0 saturated heterocycles. The molecular formula is C29H37Cl2N3O6. The van der Waals surface area contributed by atoms with E-state index in [0.717, 1.165) is 16.8 Å². The maximum Gasteiger partial charge on any atom is 0.328 e. The van der Waals surface area contributed by atoms with Gasteiger partial charge in [-0.2, -0.15) is 0 Å². The van der Waals surface area contributed by atoms with Gasteiger partial charge < -0.3 is 20.1 Å². The lowest BCUT2D eigenvalue weighted by Gasteiger charge is -2.26. The first kappa shape index (κ1) is 33.0. The molecule has 0 spiro atoms. The van der Waals surface area contributed by atoms with E-state index in [1.165, 1.54) is 0 Å². The Hall–Kier alpha value is -3.17. The summed E-state index contributed by atoms with van der Waals surface area (Å²) in [5.41, 5.74) is 3.28. The van der Waals surface area contributed by atoms with Gasteiger partial charge in [0.15, 0.2) is 0 Å². The molecule has 0 bridgehead atoms. The number of aliphatic imine (C=N–C) groups is 1. The molecule has 40 heavy (non-hydrogen) atoms. The molecule has 1 aromatic carbocycles. The van der Waals surface area contributed by atoms with Crippen LogP contribution in [0.25, 0.3) is 6.08 Å². The smallest absolute Gasteiger partial charge is 0.328 e. The number of allylic oxidation sites excluding steroid dienone is 1. The van der Waals surface area contributed by atoms with E-state index in [2.05, 4.69) is 15.6 Å². The SMILES string of the molecule is CCOC(=O)CC[C@@H](NC(=O)[C@@H](NC(=O)C1=C(C)CC(=Cc2ccc(Cl)c(Cl)c2)N=C1C)C(C)C)C(=O)OCC. The first-order chi connectivity index (χ1) is 18.9. The number of ether oxygens (including phenoxy) is 2. The predicted octanol–water partition coefficient (Wildman–Crippen LogP) is 5.05. The fourth-order valence-corrected chi connectivity index (χ4v) is 4.52. The highest BCUT2D eigenvalue weighted by molar-refractivity contribution is 6.42. The summed E-state index contributed by atoms with van der Waals surface area (Å²) < 4.78 is 9.99. The van der Waals surface area contributed by atoms with Gasteiger partial charge in [0.25, 0.3) is 5.91 Å². The molecule has 2 N–H and O–H groups in total. The molecule has 2 rings (SSSR count). The third-order valence-corrected chi connectivity index (χ3v) is 6.86. The fourth-order valence-electron chi connectivity index (χ4n) is 4.21. The minimum absolute atomic E-state index is 0.00609. The van der Waals surface area contributed by atoms with Gasteiger partial charge in [0.2, 0.25) is 5.91 Å². The number of benzene rings is 1. The molecule has 0 aromatic heterocycles. The Balaban J connectivity index is 2.18. The van der Waals surface area contributed by atoms with E-state index in [9.17, 15) is 19.2 Å². The largest absolute Gasteiger partial charge is 0.466 e. The zero-order chi connectivity index (χ0) is 30.0. The number of esters is 2. The summed E-state index contributed by atoms with van der Waals surface area (Å²) in [7, 11) is 0. The number of rotatable bonds is 12. The molecule has 1 aromatic rings. The van der Waals surface area contributed by atoms with E-state index in [1.807, 2.05) is 19.1 Å². The molecule has 0 aliphatic carbocycles. The highest BCUT2D eigenvalue weighted by Crippen LogP contribution is 2.28. The first-order valence-electron chi connectivity index (χ1n) is 13.2. The summed E-state index contributed by atoms with van der Waals surface area (Å²) in [6, 6.07) is 3.26. The van der Waals surface area contributed by atoms with Crippen LogP contribution in [0.15, 0.2) is 40.0 Å². The summed E-state index contributed by atoms with van der Waals surface area (Å²) in [5, 5.41) is 6.34. The standard InChI is InChI=1S/C29H37Cl2N3O6/c1-7-39-24(35)12-11-23(29(38)40-8-2)33-28(37)26(16(3)4)34-27(36)25-17(5)13-20(32-18(25)6)14-19-9-10-21(30)22(31)15-19/h9-10,14-16,23,26H,7-8,11-13H2,1-6H3,(H,33,37)(H,34,36)/t23-,26+/m1/s1. The van der Waals surface area contributed by atoms with Gasteiger partial charge in [-0.1, -0.05) is 48.7 Å². The normalized spacial score (nSPS) is 15.8. The summed E-state index contributed by atoms with van der Waals surface area (Å²) in [6.45, 7) is 10.8. The summed E-state index contributed by atoms with van der Waals surface area (Å²) in [6.07, 6.45) is 2.24.